The van der Waals surface area contributed by atoms with E-state index in [2.05, 4.69) is 9.88 Å². The second-order valence-corrected chi connectivity index (χ2v) is 7.00. The van der Waals surface area contributed by atoms with E-state index in [0.717, 1.165) is 31.0 Å². The number of aromatic nitrogens is 1. The van der Waals surface area contributed by atoms with Crippen molar-refractivity contribution in [1.82, 2.24) is 14.8 Å². The van der Waals surface area contributed by atoms with Gasteiger partial charge in [-0.1, -0.05) is 0 Å². The lowest BCUT2D eigenvalue weighted by atomic mass is 10.2. The molecule has 1 unspecified atom stereocenters. The minimum atomic E-state index is 0.0177. The molecule has 1 amide bonds. The zero-order valence-electron chi connectivity index (χ0n) is 13.2. The summed E-state index contributed by atoms with van der Waals surface area (Å²) in [6.45, 7) is 3.83. The molecular formula is C16H23N3O3S. The molecule has 0 bridgehead atoms. The topological polar surface area (TPSA) is 65.9 Å². The van der Waals surface area contributed by atoms with E-state index in [1.54, 1.807) is 18.3 Å². The molecule has 0 aromatic carbocycles. The molecule has 6 nitrogen and oxygen atoms in total. The highest BCUT2D eigenvalue weighted by Gasteiger charge is 2.22. The minimum absolute atomic E-state index is 0.0177. The number of piperazine rings is 1. The van der Waals surface area contributed by atoms with Crippen molar-refractivity contribution < 1.29 is 14.6 Å². The first-order chi connectivity index (χ1) is 11.3. The SMILES string of the molecule is O=C(c1ccc(OC2CCSC2)nc1)N1CCN(CCO)CC1. The fourth-order valence-electron chi connectivity index (χ4n) is 2.85. The van der Waals surface area contributed by atoms with Crippen molar-refractivity contribution in [1.29, 1.82) is 0 Å². The second kappa shape index (κ2) is 7.99. The number of ether oxygens (including phenoxy) is 1. The van der Waals surface area contributed by atoms with E-state index < -0.39 is 0 Å². The summed E-state index contributed by atoms with van der Waals surface area (Å²) >= 11 is 1.90. The van der Waals surface area contributed by atoms with Gasteiger partial charge in [-0.05, 0) is 18.2 Å². The predicted octanol–water partition coefficient (Wildman–Crippen LogP) is 0.716. The molecule has 1 N–H and O–H groups in total. The summed E-state index contributed by atoms with van der Waals surface area (Å²) in [4.78, 5) is 20.8. The van der Waals surface area contributed by atoms with Crippen molar-refractivity contribution >= 4 is 17.7 Å². The molecule has 1 atom stereocenters. The van der Waals surface area contributed by atoms with Crippen LogP contribution in [0.3, 0.4) is 0 Å². The van der Waals surface area contributed by atoms with Gasteiger partial charge in [0.15, 0.2) is 0 Å². The van der Waals surface area contributed by atoms with Crippen LogP contribution < -0.4 is 4.74 Å². The first-order valence-corrected chi connectivity index (χ1v) is 9.24. The molecule has 2 aliphatic rings. The van der Waals surface area contributed by atoms with Gasteiger partial charge in [-0.2, -0.15) is 11.8 Å². The van der Waals surface area contributed by atoms with Crippen LogP contribution in [0.15, 0.2) is 18.3 Å². The van der Waals surface area contributed by atoms with Gasteiger partial charge in [0.25, 0.3) is 5.91 Å². The van der Waals surface area contributed by atoms with Crippen LogP contribution in [-0.2, 0) is 0 Å². The van der Waals surface area contributed by atoms with Gasteiger partial charge < -0.3 is 14.7 Å². The Balaban J connectivity index is 1.53. The number of pyridine rings is 1. The van der Waals surface area contributed by atoms with Crippen LogP contribution in [0.2, 0.25) is 0 Å². The second-order valence-electron chi connectivity index (χ2n) is 5.85. The molecule has 3 rings (SSSR count). The normalized spacial score (nSPS) is 22.3. The van der Waals surface area contributed by atoms with Crippen LogP contribution in [-0.4, -0.2) is 82.7 Å². The highest BCUT2D eigenvalue weighted by molar-refractivity contribution is 7.99. The van der Waals surface area contributed by atoms with Crippen molar-refractivity contribution in [3.05, 3.63) is 23.9 Å². The molecule has 0 radical (unpaired) electrons. The summed E-state index contributed by atoms with van der Waals surface area (Å²) in [6, 6.07) is 3.59. The summed E-state index contributed by atoms with van der Waals surface area (Å²) in [6.07, 6.45) is 2.92. The number of rotatable bonds is 5. The molecule has 7 heteroatoms. The van der Waals surface area contributed by atoms with Gasteiger partial charge in [0.1, 0.15) is 6.10 Å². The Kier molecular flexibility index (Phi) is 5.75. The monoisotopic (exact) mass is 337 g/mol. The van der Waals surface area contributed by atoms with Crippen molar-refractivity contribution in [3.63, 3.8) is 0 Å². The van der Waals surface area contributed by atoms with Crippen molar-refractivity contribution in [2.75, 3.05) is 50.8 Å². The maximum atomic E-state index is 12.5. The number of carbonyl (C=O) groups excluding carboxylic acids is 1. The van der Waals surface area contributed by atoms with Gasteiger partial charge in [-0.15, -0.1) is 0 Å². The summed E-state index contributed by atoms with van der Waals surface area (Å²) in [5.74, 6) is 2.77. The van der Waals surface area contributed by atoms with Crippen LogP contribution in [0.5, 0.6) is 5.88 Å². The molecule has 2 fully saturated rings. The third-order valence-corrected chi connectivity index (χ3v) is 5.37. The lowest BCUT2D eigenvalue weighted by Gasteiger charge is -2.34. The lowest BCUT2D eigenvalue weighted by Crippen LogP contribution is -2.49. The Morgan fingerprint density at radius 2 is 2.17 bits per heavy atom. The maximum Gasteiger partial charge on any atom is 0.255 e. The molecule has 0 saturated carbocycles. The smallest absolute Gasteiger partial charge is 0.255 e. The molecule has 0 aliphatic carbocycles. The van der Waals surface area contributed by atoms with E-state index in [-0.39, 0.29) is 18.6 Å². The van der Waals surface area contributed by atoms with E-state index in [1.807, 2.05) is 16.7 Å². The number of amides is 1. The standard InChI is InChI=1S/C16H23N3O3S/c20-9-8-18-4-6-19(7-5-18)16(21)13-1-2-15(17-11-13)22-14-3-10-23-12-14/h1-2,11,14,20H,3-10,12H2. The summed E-state index contributed by atoms with van der Waals surface area (Å²) < 4.78 is 5.81. The van der Waals surface area contributed by atoms with E-state index in [9.17, 15) is 4.79 Å². The third kappa shape index (κ3) is 4.37. The minimum Gasteiger partial charge on any atom is -0.473 e. The van der Waals surface area contributed by atoms with Crippen LogP contribution in [0.4, 0.5) is 0 Å². The first kappa shape index (κ1) is 16.5. The number of aliphatic hydroxyl groups excluding tert-OH is 1. The molecular weight excluding hydrogens is 314 g/mol. The van der Waals surface area contributed by atoms with E-state index in [0.29, 0.717) is 31.1 Å². The molecule has 2 aliphatic heterocycles. The molecule has 2 saturated heterocycles. The maximum absolute atomic E-state index is 12.5. The zero-order chi connectivity index (χ0) is 16.1. The van der Waals surface area contributed by atoms with Crippen LogP contribution in [0.1, 0.15) is 16.8 Å². The fraction of sp³-hybridized carbons (Fsp3) is 0.625. The van der Waals surface area contributed by atoms with E-state index in [1.165, 1.54) is 0 Å². The summed E-state index contributed by atoms with van der Waals surface area (Å²) in [7, 11) is 0. The zero-order valence-corrected chi connectivity index (χ0v) is 14.0. The average molecular weight is 337 g/mol. The number of β-amino-alcohol motifs (C(OH)–C–C–N with tert-alkyl or cyclic N) is 1. The quantitative estimate of drug-likeness (QED) is 0.854. The summed E-state index contributed by atoms with van der Waals surface area (Å²) in [5.41, 5.74) is 0.605. The third-order valence-electron chi connectivity index (χ3n) is 4.23. The Hall–Kier alpha value is -1.31. The molecule has 1 aromatic heterocycles. The Morgan fingerprint density at radius 1 is 1.35 bits per heavy atom. The van der Waals surface area contributed by atoms with Gasteiger partial charge in [0, 0.05) is 50.7 Å². The molecule has 1 aromatic rings. The molecule has 0 spiro atoms. The van der Waals surface area contributed by atoms with Crippen LogP contribution >= 0.6 is 11.8 Å². The van der Waals surface area contributed by atoms with Crippen LogP contribution in [0.25, 0.3) is 0 Å². The average Bonchev–Trinajstić information content (AvgIpc) is 3.09. The van der Waals surface area contributed by atoms with Gasteiger partial charge in [-0.25, -0.2) is 4.98 Å². The molecule has 23 heavy (non-hydrogen) atoms. The highest BCUT2D eigenvalue weighted by atomic mass is 32.2. The summed E-state index contributed by atoms with van der Waals surface area (Å²) in [5, 5.41) is 8.96. The van der Waals surface area contributed by atoms with E-state index >= 15 is 0 Å². The van der Waals surface area contributed by atoms with Gasteiger partial charge >= 0.3 is 0 Å². The van der Waals surface area contributed by atoms with Gasteiger partial charge in [0.2, 0.25) is 5.88 Å². The molecule has 126 valence electrons. The van der Waals surface area contributed by atoms with E-state index in [4.69, 9.17) is 9.84 Å². The first-order valence-electron chi connectivity index (χ1n) is 8.09. The Bertz CT molecular complexity index is 512. The van der Waals surface area contributed by atoms with Crippen molar-refractivity contribution in [3.8, 4) is 5.88 Å². The largest absolute Gasteiger partial charge is 0.473 e. The Morgan fingerprint density at radius 3 is 2.78 bits per heavy atom. The fourth-order valence-corrected chi connectivity index (χ4v) is 3.95. The Labute approximate surface area is 140 Å². The molecule has 3 heterocycles. The van der Waals surface area contributed by atoms with Gasteiger partial charge in [0.05, 0.1) is 12.2 Å². The highest BCUT2D eigenvalue weighted by Crippen LogP contribution is 2.22. The number of hydrogen-bond donors (Lipinski definition) is 1. The number of aliphatic hydroxyl groups is 1. The van der Waals surface area contributed by atoms with Crippen molar-refractivity contribution in [2.45, 2.75) is 12.5 Å². The predicted molar refractivity (Wildman–Crippen MR) is 90.0 cm³/mol. The van der Waals surface area contributed by atoms with Gasteiger partial charge in [-0.3, -0.25) is 9.69 Å². The number of thioether (sulfide) groups is 1. The lowest BCUT2D eigenvalue weighted by molar-refractivity contribution is 0.0614. The number of carbonyl (C=O) groups is 1. The number of nitrogens with zero attached hydrogens (tertiary/aromatic N) is 3. The number of hydrogen-bond acceptors (Lipinski definition) is 6. The van der Waals surface area contributed by atoms with Crippen LogP contribution in [0, 0.1) is 0 Å². The van der Waals surface area contributed by atoms with Crippen molar-refractivity contribution in [2.24, 2.45) is 0 Å².